The molecule has 0 amide bonds. The lowest BCUT2D eigenvalue weighted by atomic mass is 10.1. The Morgan fingerprint density at radius 1 is 1.32 bits per heavy atom. The first-order valence-corrected chi connectivity index (χ1v) is 7.75. The highest BCUT2D eigenvalue weighted by Crippen LogP contribution is 2.25. The van der Waals surface area contributed by atoms with Gasteiger partial charge in [-0.25, -0.2) is 13.1 Å². The highest BCUT2D eigenvalue weighted by Gasteiger charge is 2.17. The van der Waals surface area contributed by atoms with Crippen LogP contribution in [0.4, 0.5) is 0 Å². The molecule has 0 bridgehead atoms. The van der Waals surface area contributed by atoms with Gasteiger partial charge in [-0.05, 0) is 43.5 Å². The molecule has 0 aliphatic carbocycles. The summed E-state index contributed by atoms with van der Waals surface area (Å²) in [6.45, 7) is 9.98. The minimum atomic E-state index is -3.49. The summed E-state index contributed by atoms with van der Waals surface area (Å²) in [5, 5.41) is 0. The topological polar surface area (TPSA) is 55.4 Å². The predicted molar refractivity (Wildman–Crippen MR) is 77.1 cm³/mol. The second-order valence-electron chi connectivity index (χ2n) is 4.37. The van der Waals surface area contributed by atoms with Crippen LogP contribution in [0.3, 0.4) is 0 Å². The molecule has 1 aromatic rings. The number of nitrogens with one attached hydrogen (secondary N) is 1. The maximum atomic E-state index is 12.1. The molecular formula is C14H21NO3S. The molecule has 0 aliphatic heterocycles. The van der Waals surface area contributed by atoms with Gasteiger partial charge in [-0.3, -0.25) is 0 Å². The van der Waals surface area contributed by atoms with Gasteiger partial charge in [0.2, 0.25) is 10.0 Å². The van der Waals surface area contributed by atoms with Crippen LogP contribution >= 0.6 is 0 Å². The van der Waals surface area contributed by atoms with Crippen LogP contribution in [0.25, 0.3) is 0 Å². The average molecular weight is 283 g/mol. The highest BCUT2D eigenvalue weighted by molar-refractivity contribution is 7.89. The van der Waals surface area contributed by atoms with Crippen molar-refractivity contribution in [3.05, 3.63) is 35.9 Å². The molecule has 0 heterocycles. The third-order valence-electron chi connectivity index (χ3n) is 2.64. The number of aryl methyl sites for hydroxylation is 2. The molecule has 0 aromatic heterocycles. The summed E-state index contributed by atoms with van der Waals surface area (Å²) in [4.78, 5) is 0.288. The summed E-state index contributed by atoms with van der Waals surface area (Å²) < 4.78 is 32.2. The summed E-state index contributed by atoms with van der Waals surface area (Å²) in [5.74, 6) is 0.738. The van der Waals surface area contributed by atoms with Gasteiger partial charge in [-0.1, -0.05) is 13.0 Å². The van der Waals surface area contributed by atoms with E-state index in [1.54, 1.807) is 19.1 Å². The van der Waals surface area contributed by atoms with E-state index in [2.05, 4.69) is 11.3 Å². The average Bonchev–Trinajstić information content (AvgIpc) is 2.36. The fraction of sp³-hybridized carbons (Fsp3) is 0.429. The fourth-order valence-corrected chi connectivity index (χ4v) is 2.97. The largest absolute Gasteiger partial charge is 0.493 e. The van der Waals surface area contributed by atoms with Gasteiger partial charge in [0.05, 0.1) is 11.5 Å². The normalized spacial score (nSPS) is 11.3. The Bertz CT molecular complexity index is 550. The van der Waals surface area contributed by atoms with Crippen LogP contribution in [-0.2, 0) is 10.0 Å². The van der Waals surface area contributed by atoms with Gasteiger partial charge >= 0.3 is 0 Å². The Morgan fingerprint density at radius 3 is 2.58 bits per heavy atom. The van der Waals surface area contributed by atoms with Crippen LogP contribution in [0.15, 0.2) is 29.7 Å². The molecule has 0 saturated heterocycles. The Morgan fingerprint density at radius 2 is 2.00 bits per heavy atom. The molecule has 0 saturated carbocycles. The highest BCUT2D eigenvalue weighted by atomic mass is 32.2. The summed E-state index contributed by atoms with van der Waals surface area (Å²) in [5.41, 5.74) is 1.49. The molecule has 0 radical (unpaired) electrons. The minimum Gasteiger partial charge on any atom is -0.493 e. The van der Waals surface area contributed by atoms with Gasteiger partial charge in [-0.2, -0.15) is 0 Å². The SMILES string of the molecule is C=CCNS(=O)(=O)c1cc(C)c(OCCC)cc1C. The molecule has 0 fully saturated rings. The van der Waals surface area contributed by atoms with Crippen molar-refractivity contribution in [1.29, 1.82) is 0 Å². The van der Waals surface area contributed by atoms with Crippen LogP contribution < -0.4 is 9.46 Å². The van der Waals surface area contributed by atoms with Gasteiger partial charge in [0.1, 0.15) is 5.75 Å². The summed E-state index contributed by atoms with van der Waals surface area (Å²) in [6, 6.07) is 3.42. The van der Waals surface area contributed by atoms with E-state index in [0.717, 1.165) is 17.7 Å². The Balaban J connectivity index is 3.11. The second kappa shape index (κ2) is 6.73. The molecule has 19 heavy (non-hydrogen) atoms. The lowest BCUT2D eigenvalue weighted by Crippen LogP contribution is -2.24. The molecule has 1 rings (SSSR count). The van der Waals surface area contributed by atoms with Crippen molar-refractivity contribution in [3.8, 4) is 5.75 Å². The van der Waals surface area contributed by atoms with Crippen LogP contribution in [0.5, 0.6) is 5.75 Å². The predicted octanol–water partition coefficient (Wildman–Crippen LogP) is 2.56. The standard InChI is InChI=1S/C14H21NO3S/c1-5-7-15-19(16,17)14-10-11(3)13(9-12(14)4)18-8-6-2/h5,9-10,15H,1,6-8H2,2-4H3. The molecule has 106 valence electrons. The summed E-state index contributed by atoms with van der Waals surface area (Å²) >= 11 is 0. The van der Waals surface area contributed by atoms with Crippen molar-refractivity contribution in [2.75, 3.05) is 13.2 Å². The number of hydrogen-bond donors (Lipinski definition) is 1. The molecule has 0 spiro atoms. The zero-order chi connectivity index (χ0) is 14.5. The van der Waals surface area contributed by atoms with Crippen LogP contribution in [0.1, 0.15) is 24.5 Å². The molecule has 0 unspecified atom stereocenters. The lowest BCUT2D eigenvalue weighted by Gasteiger charge is -2.13. The lowest BCUT2D eigenvalue weighted by molar-refractivity contribution is 0.315. The van der Waals surface area contributed by atoms with E-state index >= 15 is 0 Å². The maximum Gasteiger partial charge on any atom is 0.241 e. The molecule has 5 heteroatoms. The third-order valence-corrected chi connectivity index (χ3v) is 4.21. The van der Waals surface area contributed by atoms with Gasteiger partial charge in [0.25, 0.3) is 0 Å². The number of hydrogen-bond acceptors (Lipinski definition) is 3. The number of rotatable bonds is 7. The van der Waals surface area contributed by atoms with Crippen LogP contribution in [-0.4, -0.2) is 21.6 Å². The Kier molecular flexibility index (Phi) is 5.57. The summed E-state index contributed by atoms with van der Waals surface area (Å²) in [6.07, 6.45) is 2.43. The molecule has 0 aliphatic rings. The number of sulfonamides is 1. The monoisotopic (exact) mass is 283 g/mol. The van der Waals surface area contributed by atoms with Crippen molar-refractivity contribution in [2.24, 2.45) is 0 Å². The Labute approximate surface area is 115 Å². The van der Waals surface area contributed by atoms with Gasteiger partial charge < -0.3 is 4.74 Å². The van der Waals surface area contributed by atoms with E-state index in [1.165, 1.54) is 6.08 Å². The third kappa shape index (κ3) is 4.08. The smallest absolute Gasteiger partial charge is 0.241 e. The van der Waals surface area contributed by atoms with E-state index < -0.39 is 10.0 Å². The van der Waals surface area contributed by atoms with Crippen LogP contribution in [0.2, 0.25) is 0 Å². The number of benzene rings is 1. The van der Waals surface area contributed by atoms with Gasteiger partial charge in [0.15, 0.2) is 0 Å². The van der Waals surface area contributed by atoms with Crippen molar-refractivity contribution in [1.82, 2.24) is 4.72 Å². The molecule has 1 N–H and O–H groups in total. The molecular weight excluding hydrogens is 262 g/mol. The quantitative estimate of drug-likeness (QED) is 0.782. The zero-order valence-corrected chi connectivity index (χ0v) is 12.5. The van der Waals surface area contributed by atoms with Gasteiger partial charge in [0, 0.05) is 6.54 Å². The zero-order valence-electron chi connectivity index (χ0n) is 11.7. The van der Waals surface area contributed by atoms with Crippen molar-refractivity contribution in [3.63, 3.8) is 0 Å². The van der Waals surface area contributed by atoms with E-state index in [4.69, 9.17) is 4.74 Å². The molecule has 0 atom stereocenters. The molecule has 1 aromatic carbocycles. The first-order valence-electron chi connectivity index (χ1n) is 6.27. The van der Waals surface area contributed by atoms with Crippen molar-refractivity contribution < 1.29 is 13.2 Å². The van der Waals surface area contributed by atoms with Crippen LogP contribution in [0, 0.1) is 13.8 Å². The first kappa shape index (κ1) is 15.7. The first-order chi connectivity index (χ1) is 8.92. The fourth-order valence-electron chi connectivity index (χ4n) is 1.67. The van der Waals surface area contributed by atoms with E-state index in [0.29, 0.717) is 12.2 Å². The van der Waals surface area contributed by atoms with Crippen molar-refractivity contribution >= 4 is 10.0 Å². The Hall–Kier alpha value is -1.33. The van der Waals surface area contributed by atoms with Gasteiger partial charge in [-0.15, -0.1) is 6.58 Å². The molecule has 4 nitrogen and oxygen atoms in total. The van der Waals surface area contributed by atoms with E-state index in [9.17, 15) is 8.42 Å². The maximum absolute atomic E-state index is 12.1. The number of ether oxygens (including phenoxy) is 1. The van der Waals surface area contributed by atoms with Crippen molar-refractivity contribution in [2.45, 2.75) is 32.1 Å². The minimum absolute atomic E-state index is 0.217. The summed E-state index contributed by atoms with van der Waals surface area (Å²) in [7, 11) is -3.49. The van der Waals surface area contributed by atoms with E-state index in [-0.39, 0.29) is 11.4 Å². The second-order valence-corrected chi connectivity index (χ2v) is 6.11. The van der Waals surface area contributed by atoms with E-state index in [1.807, 2.05) is 13.8 Å².